The van der Waals surface area contributed by atoms with Crippen molar-refractivity contribution >= 4 is 5.82 Å². The highest BCUT2D eigenvalue weighted by atomic mass is 15.3. The summed E-state index contributed by atoms with van der Waals surface area (Å²) in [6.45, 7) is 7.12. The first-order valence-electron chi connectivity index (χ1n) is 7.69. The number of hydrogen-bond donors (Lipinski definition) is 1. The van der Waals surface area contributed by atoms with Crippen LogP contribution in [0, 0.1) is 11.3 Å². The molecule has 1 fully saturated rings. The van der Waals surface area contributed by atoms with Gasteiger partial charge in [-0.2, -0.15) is 5.26 Å². The van der Waals surface area contributed by atoms with Crippen molar-refractivity contribution in [1.82, 2.24) is 9.88 Å². The molecule has 1 saturated heterocycles. The van der Waals surface area contributed by atoms with Crippen molar-refractivity contribution in [3.8, 4) is 6.07 Å². The van der Waals surface area contributed by atoms with Gasteiger partial charge in [0.05, 0.1) is 6.07 Å². The van der Waals surface area contributed by atoms with Crippen molar-refractivity contribution in [2.75, 3.05) is 37.6 Å². The highest BCUT2D eigenvalue weighted by molar-refractivity contribution is 5.38. The van der Waals surface area contributed by atoms with Gasteiger partial charge in [-0.1, -0.05) is 6.07 Å². The van der Waals surface area contributed by atoms with Crippen LogP contribution in [0.5, 0.6) is 0 Å². The predicted octanol–water partition coefficient (Wildman–Crippen LogP) is 1.61. The second kappa shape index (κ2) is 7.39. The van der Waals surface area contributed by atoms with E-state index in [1.807, 2.05) is 18.3 Å². The Balaban J connectivity index is 1.65. The van der Waals surface area contributed by atoms with Gasteiger partial charge in [0, 0.05) is 32.4 Å². The molecule has 2 heterocycles. The van der Waals surface area contributed by atoms with Crippen LogP contribution in [0.1, 0.15) is 26.2 Å². The van der Waals surface area contributed by atoms with Gasteiger partial charge in [-0.05, 0) is 44.9 Å². The lowest BCUT2D eigenvalue weighted by Crippen LogP contribution is -2.47. The normalized spacial score (nSPS) is 19.0. The van der Waals surface area contributed by atoms with Crippen molar-refractivity contribution in [3.05, 3.63) is 24.4 Å². The van der Waals surface area contributed by atoms with E-state index >= 15 is 0 Å². The number of rotatable bonds is 6. The van der Waals surface area contributed by atoms with Crippen molar-refractivity contribution in [1.29, 1.82) is 5.26 Å². The van der Waals surface area contributed by atoms with E-state index in [1.54, 1.807) is 6.92 Å². The number of nitriles is 1. The molecule has 1 aliphatic rings. The van der Waals surface area contributed by atoms with Crippen LogP contribution in [0.4, 0.5) is 5.82 Å². The van der Waals surface area contributed by atoms with E-state index in [1.165, 1.54) is 0 Å². The van der Waals surface area contributed by atoms with Crippen LogP contribution in [0.2, 0.25) is 0 Å². The van der Waals surface area contributed by atoms with Gasteiger partial charge in [0.2, 0.25) is 0 Å². The molecule has 1 atom stereocenters. The predicted molar refractivity (Wildman–Crippen MR) is 84.9 cm³/mol. The summed E-state index contributed by atoms with van der Waals surface area (Å²) < 4.78 is 0. The Bertz CT molecular complexity index is 457. The number of anilines is 1. The van der Waals surface area contributed by atoms with Gasteiger partial charge in [0.1, 0.15) is 11.4 Å². The van der Waals surface area contributed by atoms with E-state index in [4.69, 9.17) is 11.0 Å². The second-order valence-corrected chi connectivity index (χ2v) is 6.00. The molecule has 0 bridgehead atoms. The van der Waals surface area contributed by atoms with Gasteiger partial charge in [-0.25, -0.2) is 4.98 Å². The molecular weight excluding hydrogens is 262 g/mol. The fourth-order valence-electron chi connectivity index (χ4n) is 2.62. The van der Waals surface area contributed by atoms with Gasteiger partial charge in [0.15, 0.2) is 0 Å². The first kappa shape index (κ1) is 15.7. The molecule has 0 amide bonds. The van der Waals surface area contributed by atoms with E-state index < -0.39 is 5.54 Å². The topological polar surface area (TPSA) is 69.2 Å². The molecule has 1 aliphatic heterocycles. The summed E-state index contributed by atoms with van der Waals surface area (Å²) >= 11 is 0. The van der Waals surface area contributed by atoms with E-state index in [0.717, 1.165) is 57.8 Å². The summed E-state index contributed by atoms with van der Waals surface area (Å²) in [5, 5.41) is 8.88. The Labute approximate surface area is 127 Å². The summed E-state index contributed by atoms with van der Waals surface area (Å²) in [6.07, 6.45) is 4.75. The van der Waals surface area contributed by atoms with E-state index in [9.17, 15) is 0 Å². The number of unbranched alkanes of at least 4 members (excludes halogenated alkanes) is 1. The highest BCUT2D eigenvalue weighted by Crippen LogP contribution is 2.14. The smallest absolute Gasteiger partial charge is 0.128 e. The fraction of sp³-hybridized carbons (Fsp3) is 0.625. The number of hydrogen-bond acceptors (Lipinski definition) is 5. The van der Waals surface area contributed by atoms with E-state index in [2.05, 4.69) is 26.9 Å². The number of nitrogens with zero attached hydrogens (tertiary/aromatic N) is 4. The molecule has 0 aliphatic carbocycles. The molecule has 1 aromatic heterocycles. The van der Waals surface area contributed by atoms with Crippen LogP contribution in [0.25, 0.3) is 0 Å². The molecule has 5 heteroatoms. The third kappa shape index (κ3) is 5.00. The standard InChI is InChI=1S/C16H25N5/c1-16(18,14-17)7-3-5-9-20-10-12-21(13-11-20)15-6-2-4-8-19-15/h2,4,6,8H,3,5,7,9-13,18H2,1H3. The van der Waals surface area contributed by atoms with Gasteiger partial charge < -0.3 is 10.6 Å². The van der Waals surface area contributed by atoms with Gasteiger partial charge in [0.25, 0.3) is 0 Å². The average Bonchev–Trinajstić information content (AvgIpc) is 2.53. The minimum absolute atomic E-state index is 0.669. The molecule has 2 rings (SSSR count). The van der Waals surface area contributed by atoms with Crippen molar-refractivity contribution in [2.45, 2.75) is 31.7 Å². The quantitative estimate of drug-likeness (QED) is 0.805. The maximum atomic E-state index is 8.88. The van der Waals surface area contributed by atoms with Crippen LogP contribution in [-0.4, -0.2) is 48.1 Å². The maximum Gasteiger partial charge on any atom is 0.128 e. The van der Waals surface area contributed by atoms with Crippen LogP contribution in [0.15, 0.2) is 24.4 Å². The van der Waals surface area contributed by atoms with E-state index in [0.29, 0.717) is 0 Å². The minimum Gasteiger partial charge on any atom is -0.354 e. The molecular formula is C16H25N5. The summed E-state index contributed by atoms with van der Waals surface area (Å²) in [5.41, 5.74) is 5.16. The zero-order valence-electron chi connectivity index (χ0n) is 12.8. The van der Waals surface area contributed by atoms with Crippen molar-refractivity contribution in [3.63, 3.8) is 0 Å². The van der Waals surface area contributed by atoms with Crippen LogP contribution in [-0.2, 0) is 0 Å². The largest absolute Gasteiger partial charge is 0.354 e. The Morgan fingerprint density at radius 2 is 2.05 bits per heavy atom. The molecule has 0 radical (unpaired) electrons. The molecule has 0 spiro atoms. The molecule has 1 aromatic rings. The van der Waals surface area contributed by atoms with Gasteiger partial charge in [-0.15, -0.1) is 0 Å². The third-order valence-corrected chi connectivity index (χ3v) is 4.02. The van der Waals surface area contributed by atoms with Gasteiger partial charge >= 0.3 is 0 Å². The Hall–Kier alpha value is -1.64. The fourth-order valence-corrected chi connectivity index (χ4v) is 2.62. The molecule has 0 aromatic carbocycles. The molecule has 21 heavy (non-hydrogen) atoms. The number of piperazine rings is 1. The van der Waals surface area contributed by atoms with E-state index in [-0.39, 0.29) is 0 Å². The van der Waals surface area contributed by atoms with Crippen LogP contribution < -0.4 is 10.6 Å². The number of pyridine rings is 1. The number of aromatic nitrogens is 1. The van der Waals surface area contributed by atoms with Crippen molar-refractivity contribution in [2.24, 2.45) is 5.73 Å². The van der Waals surface area contributed by atoms with Crippen LogP contribution in [0.3, 0.4) is 0 Å². The lowest BCUT2D eigenvalue weighted by Gasteiger charge is -2.35. The lowest BCUT2D eigenvalue weighted by atomic mass is 9.98. The summed E-state index contributed by atoms with van der Waals surface area (Å²) in [4.78, 5) is 9.22. The Morgan fingerprint density at radius 3 is 2.67 bits per heavy atom. The number of nitrogens with two attached hydrogens (primary N) is 1. The van der Waals surface area contributed by atoms with Crippen LogP contribution >= 0.6 is 0 Å². The summed E-state index contributed by atoms with van der Waals surface area (Å²) in [5.74, 6) is 1.07. The molecule has 0 saturated carbocycles. The first-order valence-corrected chi connectivity index (χ1v) is 7.69. The minimum atomic E-state index is -0.669. The Kier molecular flexibility index (Phi) is 5.54. The Morgan fingerprint density at radius 1 is 1.29 bits per heavy atom. The molecule has 2 N–H and O–H groups in total. The summed E-state index contributed by atoms with van der Waals surface area (Å²) in [7, 11) is 0. The summed E-state index contributed by atoms with van der Waals surface area (Å²) in [6, 6.07) is 8.21. The molecule has 1 unspecified atom stereocenters. The monoisotopic (exact) mass is 287 g/mol. The highest BCUT2D eigenvalue weighted by Gasteiger charge is 2.19. The zero-order valence-corrected chi connectivity index (χ0v) is 12.8. The second-order valence-electron chi connectivity index (χ2n) is 6.00. The first-order chi connectivity index (χ1) is 10.1. The third-order valence-electron chi connectivity index (χ3n) is 4.02. The molecule has 114 valence electrons. The SMILES string of the molecule is CC(N)(C#N)CCCCN1CCN(c2ccccn2)CC1. The van der Waals surface area contributed by atoms with Crippen molar-refractivity contribution < 1.29 is 0 Å². The van der Waals surface area contributed by atoms with Gasteiger partial charge in [-0.3, -0.25) is 4.90 Å². The lowest BCUT2D eigenvalue weighted by molar-refractivity contribution is 0.250. The maximum absolute atomic E-state index is 8.88. The average molecular weight is 287 g/mol. The zero-order chi connectivity index (χ0) is 15.1. The molecule has 5 nitrogen and oxygen atoms in total.